The zero-order chi connectivity index (χ0) is 11.4. The standard InChI is InChI=1S/C14H18N2O/c17-11-4-3-10(15-7-11)6-16-14-12-8-1-2-9(5-8)13(12)14/h3-4,7-9,12-14,16-17H,1-2,5-6H2. The summed E-state index contributed by atoms with van der Waals surface area (Å²) < 4.78 is 0. The highest BCUT2D eigenvalue weighted by Crippen LogP contribution is 2.65. The molecule has 3 aliphatic carbocycles. The molecule has 3 fully saturated rings. The van der Waals surface area contributed by atoms with E-state index < -0.39 is 0 Å². The van der Waals surface area contributed by atoms with E-state index >= 15 is 0 Å². The van der Waals surface area contributed by atoms with Gasteiger partial charge in [-0.25, -0.2) is 0 Å². The van der Waals surface area contributed by atoms with Gasteiger partial charge in [-0.3, -0.25) is 4.98 Å². The van der Waals surface area contributed by atoms with E-state index in [-0.39, 0.29) is 5.75 Å². The van der Waals surface area contributed by atoms with Gasteiger partial charge in [0.1, 0.15) is 5.75 Å². The monoisotopic (exact) mass is 230 g/mol. The fourth-order valence-corrected chi connectivity index (χ4v) is 4.34. The Kier molecular flexibility index (Phi) is 2.01. The molecule has 2 N–H and O–H groups in total. The number of aromatic hydroxyl groups is 1. The van der Waals surface area contributed by atoms with Crippen LogP contribution in [-0.4, -0.2) is 16.1 Å². The Morgan fingerprint density at radius 3 is 2.65 bits per heavy atom. The maximum atomic E-state index is 9.17. The van der Waals surface area contributed by atoms with Crippen LogP contribution >= 0.6 is 0 Å². The van der Waals surface area contributed by atoms with Crippen LogP contribution in [0.15, 0.2) is 18.3 Å². The van der Waals surface area contributed by atoms with Crippen molar-refractivity contribution in [2.24, 2.45) is 23.7 Å². The van der Waals surface area contributed by atoms with Crippen molar-refractivity contribution in [1.82, 2.24) is 10.3 Å². The van der Waals surface area contributed by atoms with E-state index in [1.807, 2.05) is 6.07 Å². The number of aromatic nitrogens is 1. The minimum Gasteiger partial charge on any atom is -0.506 e. The molecule has 1 heterocycles. The summed E-state index contributed by atoms with van der Waals surface area (Å²) in [6.07, 6.45) is 5.97. The third-order valence-electron chi connectivity index (χ3n) is 5.06. The lowest BCUT2D eigenvalue weighted by Gasteiger charge is -2.10. The molecule has 3 aliphatic rings. The summed E-state index contributed by atoms with van der Waals surface area (Å²) in [5, 5.41) is 12.8. The van der Waals surface area contributed by atoms with E-state index in [1.54, 1.807) is 6.07 Å². The smallest absolute Gasteiger partial charge is 0.133 e. The van der Waals surface area contributed by atoms with Crippen molar-refractivity contribution in [2.75, 3.05) is 0 Å². The van der Waals surface area contributed by atoms with E-state index in [0.29, 0.717) is 0 Å². The molecule has 0 spiro atoms. The highest BCUT2D eigenvalue weighted by atomic mass is 16.3. The fourth-order valence-electron chi connectivity index (χ4n) is 4.34. The summed E-state index contributed by atoms with van der Waals surface area (Å²) in [7, 11) is 0. The Hall–Kier alpha value is -1.09. The van der Waals surface area contributed by atoms with Crippen LogP contribution in [0.1, 0.15) is 25.0 Å². The van der Waals surface area contributed by atoms with Crippen molar-refractivity contribution in [1.29, 1.82) is 0 Å². The zero-order valence-electron chi connectivity index (χ0n) is 9.84. The number of nitrogens with one attached hydrogen (secondary N) is 1. The summed E-state index contributed by atoms with van der Waals surface area (Å²) in [4.78, 5) is 4.21. The quantitative estimate of drug-likeness (QED) is 0.834. The maximum Gasteiger partial charge on any atom is 0.133 e. The SMILES string of the molecule is Oc1ccc(CNC2C3C4CCC(C4)C23)nc1. The topological polar surface area (TPSA) is 45.1 Å². The lowest BCUT2D eigenvalue weighted by molar-refractivity contribution is 0.456. The van der Waals surface area contributed by atoms with Crippen molar-refractivity contribution >= 4 is 0 Å². The molecule has 3 nitrogen and oxygen atoms in total. The van der Waals surface area contributed by atoms with Gasteiger partial charge in [-0.2, -0.15) is 0 Å². The molecule has 0 amide bonds. The minimum atomic E-state index is 0.245. The second-order valence-corrected chi connectivity index (χ2v) is 5.90. The Bertz CT molecular complexity index is 414. The van der Waals surface area contributed by atoms with Crippen molar-refractivity contribution in [3.8, 4) is 5.75 Å². The van der Waals surface area contributed by atoms with Crippen molar-refractivity contribution in [3.63, 3.8) is 0 Å². The van der Waals surface area contributed by atoms with Crippen LogP contribution in [0, 0.1) is 23.7 Å². The normalized spacial score (nSPS) is 41.5. The lowest BCUT2D eigenvalue weighted by atomic mass is 10.0. The average molecular weight is 230 g/mol. The molecular weight excluding hydrogens is 212 g/mol. The molecular formula is C14H18N2O. The molecule has 1 aromatic heterocycles. The first-order valence-corrected chi connectivity index (χ1v) is 6.70. The predicted octanol–water partition coefficient (Wildman–Crippen LogP) is 1.92. The van der Waals surface area contributed by atoms with Crippen LogP contribution in [0.4, 0.5) is 0 Å². The first-order chi connectivity index (χ1) is 8.33. The number of fused-ring (bicyclic) bond motifs is 5. The van der Waals surface area contributed by atoms with E-state index in [1.165, 1.54) is 25.5 Å². The highest BCUT2D eigenvalue weighted by molar-refractivity contribution is 5.20. The first kappa shape index (κ1) is 9.89. The van der Waals surface area contributed by atoms with Gasteiger partial charge in [-0.15, -0.1) is 0 Å². The first-order valence-electron chi connectivity index (χ1n) is 6.70. The molecule has 0 saturated heterocycles. The summed E-state index contributed by atoms with van der Waals surface area (Å²) in [5.74, 6) is 4.25. The molecule has 17 heavy (non-hydrogen) atoms. The summed E-state index contributed by atoms with van der Waals surface area (Å²) in [6, 6.07) is 4.37. The molecule has 2 bridgehead atoms. The van der Waals surface area contributed by atoms with Crippen LogP contribution < -0.4 is 5.32 Å². The Morgan fingerprint density at radius 2 is 2.00 bits per heavy atom. The maximum absolute atomic E-state index is 9.17. The molecule has 3 saturated carbocycles. The summed E-state index contributed by atoms with van der Waals surface area (Å²) in [6.45, 7) is 0.845. The average Bonchev–Trinajstić information content (AvgIpc) is 2.74. The van der Waals surface area contributed by atoms with Crippen LogP contribution in [0.5, 0.6) is 5.75 Å². The molecule has 0 radical (unpaired) electrons. The van der Waals surface area contributed by atoms with Gasteiger partial charge in [0.15, 0.2) is 0 Å². The Morgan fingerprint density at radius 1 is 1.24 bits per heavy atom. The second kappa shape index (κ2) is 3.45. The largest absolute Gasteiger partial charge is 0.506 e. The van der Waals surface area contributed by atoms with Crippen LogP contribution in [-0.2, 0) is 6.54 Å². The number of nitrogens with zero attached hydrogens (tertiary/aromatic N) is 1. The van der Waals surface area contributed by atoms with Gasteiger partial charge in [-0.1, -0.05) is 0 Å². The number of rotatable bonds is 3. The number of pyridine rings is 1. The van der Waals surface area contributed by atoms with Crippen molar-refractivity contribution in [3.05, 3.63) is 24.0 Å². The summed E-state index contributed by atoms with van der Waals surface area (Å²) in [5.41, 5.74) is 1.03. The Labute approximate surface area is 101 Å². The van der Waals surface area contributed by atoms with E-state index in [4.69, 9.17) is 0 Å². The minimum absolute atomic E-state index is 0.245. The van der Waals surface area contributed by atoms with Gasteiger partial charge >= 0.3 is 0 Å². The number of hydrogen-bond donors (Lipinski definition) is 2. The van der Waals surface area contributed by atoms with E-state index in [9.17, 15) is 5.11 Å². The lowest BCUT2D eigenvalue weighted by Crippen LogP contribution is -2.22. The van der Waals surface area contributed by atoms with E-state index in [2.05, 4.69) is 10.3 Å². The molecule has 0 aliphatic heterocycles. The Balaban J connectivity index is 1.37. The van der Waals surface area contributed by atoms with Crippen molar-refractivity contribution < 1.29 is 5.11 Å². The van der Waals surface area contributed by atoms with Gasteiger partial charge in [-0.05, 0) is 55.1 Å². The number of hydrogen-bond acceptors (Lipinski definition) is 3. The van der Waals surface area contributed by atoms with Gasteiger partial charge in [0.2, 0.25) is 0 Å². The third kappa shape index (κ3) is 1.48. The second-order valence-electron chi connectivity index (χ2n) is 5.90. The molecule has 1 aromatic rings. The van der Waals surface area contributed by atoms with Gasteiger partial charge in [0.05, 0.1) is 11.9 Å². The predicted molar refractivity (Wildman–Crippen MR) is 64.3 cm³/mol. The molecule has 4 rings (SSSR count). The van der Waals surface area contributed by atoms with Gasteiger partial charge in [0, 0.05) is 12.6 Å². The molecule has 0 aromatic carbocycles. The fraction of sp³-hybridized carbons (Fsp3) is 0.643. The van der Waals surface area contributed by atoms with E-state index in [0.717, 1.165) is 42.0 Å². The van der Waals surface area contributed by atoms with Crippen LogP contribution in [0.2, 0.25) is 0 Å². The van der Waals surface area contributed by atoms with Gasteiger partial charge < -0.3 is 10.4 Å². The van der Waals surface area contributed by atoms with Gasteiger partial charge in [0.25, 0.3) is 0 Å². The van der Waals surface area contributed by atoms with Crippen molar-refractivity contribution in [2.45, 2.75) is 31.8 Å². The highest BCUT2D eigenvalue weighted by Gasteiger charge is 2.64. The summed E-state index contributed by atoms with van der Waals surface area (Å²) >= 11 is 0. The third-order valence-corrected chi connectivity index (χ3v) is 5.06. The van der Waals surface area contributed by atoms with Crippen LogP contribution in [0.25, 0.3) is 0 Å². The van der Waals surface area contributed by atoms with Crippen LogP contribution in [0.3, 0.4) is 0 Å². The molecule has 4 unspecified atom stereocenters. The molecule has 90 valence electrons. The zero-order valence-corrected chi connectivity index (χ0v) is 9.84. The molecule has 3 heteroatoms. The molecule has 4 atom stereocenters.